The number of hydrogen-bond acceptors (Lipinski definition) is 2. The number of carbonyl (C=O) groups is 1. The van der Waals surface area contributed by atoms with E-state index in [1.807, 2.05) is 0 Å². The zero-order chi connectivity index (χ0) is 7.86. The lowest BCUT2D eigenvalue weighted by molar-refractivity contribution is -0.134. The molecular weight excluding hydrogens is 188 g/mol. The van der Waals surface area contributed by atoms with Crippen LogP contribution in [0, 0.1) is 0 Å². The van der Waals surface area contributed by atoms with Gasteiger partial charge in [-0.2, -0.15) is 0 Å². The average Bonchev–Trinajstić information content (AvgIpc) is 1.65. The lowest BCUT2D eigenvalue weighted by Crippen LogP contribution is -1.97. The maximum Gasteiger partial charge on any atom is 0.300 e. The van der Waals surface area contributed by atoms with Crippen LogP contribution in [-0.2, 0) is 4.79 Å². The van der Waals surface area contributed by atoms with Gasteiger partial charge in [0.05, 0.1) is 6.10 Å². The minimum absolute atomic E-state index is 0.199. The van der Waals surface area contributed by atoms with E-state index in [1.54, 1.807) is 6.92 Å². The van der Waals surface area contributed by atoms with E-state index in [1.165, 1.54) is 0 Å². The third-order valence-corrected chi connectivity index (χ3v) is 1.16. The van der Waals surface area contributed by atoms with Crippen LogP contribution in [-0.4, -0.2) is 27.6 Å². The molecule has 0 aliphatic heterocycles. The molecule has 0 saturated carbocycles. The van der Waals surface area contributed by atoms with Crippen LogP contribution in [0.4, 0.5) is 0 Å². The molecule has 0 heterocycles. The topological polar surface area (TPSA) is 57.5 Å². The Hall–Kier alpha value is -0.0900. The minimum atomic E-state index is -0.833. The fraction of sp³-hybridized carbons (Fsp3) is 0.800. The van der Waals surface area contributed by atoms with E-state index in [4.69, 9.17) is 15.0 Å². The minimum Gasteiger partial charge on any atom is -0.481 e. The smallest absolute Gasteiger partial charge is 0.300 e. The lowest BCUT2D eigenvalue weighted by atomic mass is 10.5. The first-order valence-corrected chi connectivity index (χ1v) is 3.56. The van der Waals surface area contributed by atoms with Crippen LogP contribution >= 0.6 is 15.9 Å². The van der Waals surface area contributed by atoms with Crippen molar-refractivity contribution >= 4 is 21.9 Å². The van der Waals surface area contributed by atoms with Gasteiger partial charge in [-0.05, 0) is 6.92 Å². The maximum atomic E-state index is 9.00. The molecule has 0 unspecified atom stereocenters. The summed E-state index contributed by atoms with van der Waals surface area (Å²) in [6.07, 6.45) is -0.199. The normalized spacial score (nSPS) is 11.1. The number of aliphatic hydroxyl groups excluding tert-OH is 1. The molecule has 0 aliphatic rings. The third kappa shape index (κ3) is 75.7. The van der Waals surface area contributed by atoms with Crippen molar-refractivity contribution in [3.05, 3.63) is 0 Å². The summed E-state index contributed by atoms with van der Waals surface area (Å²) < 4.78 is 0. The van der Waals surface area contributed by atoms with E-state index in [0.29, 0.717) is 5.33 Å². The molecular formula is C5H11BrO3. The standard InChI is InChI=1S/C3H7BrO.C2H4O2/c1-3(5)2-4;1-2(3)4/h3,5H,2H2,1H3;1H3,(H,3,4)/t3-;/m0./s1. The van der Waals surface area contributed by atoms with Crippen LogP contribution < -0.4 is 0 Å². The summed E-state index contributed by atoms with van der Waals surface area (Å²) >= 11 is 3.06. The number of hydrogen-bond donors (Lipinski definition) is 2. The van der Waals surface area contributed by atoms with Crippen LogP contribution in [0.2, 0.25) is 0 Å². The molecule has 0 fully saturated rings. The summed E-state index contributed by atoms with van der Waals surface area (Å²) in [6.45, 7) is 2.81. The highest BCUT2D eigenvalue weighted by atomic mass is 79.9. The molecule has 0 aliphatic carbocycles. The third-order valence-electron chi connectivity index (χ3n) is 0.223. The van der Waals surface area contributed by atoms with Crippen molar-refractivity contribution in [2.45, 2.75) is 20.0 Å². The highest BCUT2D eigenvalue weighted by Gasteiger charge is 1.83. The molecule has 1 atom stereocenters. The largest absolute Gasteiger partial charge is 0.481 e. The van der Waals surface area contributed by atoms with Gasteiger partial charge in [0.25, 0.3) is 5.97 Å². The van der Waals surface area contributed by atoms with Gasteiger partial charge < -0.3 is 10.2 Å². The maximum absolute atomic E-state index is 9.00. The molecule has 0 amide bonds. The Morgan fingerprint density at radius 2 is 1.89 bits per heavy atom. The molecule has 0 radical (unpaired) electrons. The molecule has 9 heavy (non-hydrogen) atoms. The van der Waals surface area contributed by atoms with Crippen molar-refractivity contribution in [2.75, 3.05) is 5.33 Å². The van der Waals surface area contributed by atoms with Crippen molar-refractivity contribution in [1.82, 2.24) is 0 Å². The number of rotatable bonds is 1. The average molecular weight is 199 g/mol. The number of carboxylic acid groups (broad SMARTS) is 1. The summed E-state index contributed by atoms with van der Waals surface area (Å²) in [5.74, 6) is -0.833. The van der Waals surface area contributed by atoms with E-state index in [9.17, 15) is 0 Å². The van der Waals surface area contributed by atoms with E-state index in [0.717, 1.165) is 6.92 Å². The van der Waals surface area contributed by atoms with Crippen LogP contribution in [0.15, 0.2) is 0 Å². The van der Waals surface area contributed by atoms with E-state index < -0.39 is 5.97 Å². The van der Waals surface area contributed by atoms with Gasteiger partial charge in [-0.1, -0.05) is 15.9 Å². The Labute approximate surface area is 62.8 Å². The Morgan fingerprint density at radius 1 is 1.78 bits per heavy atom. The fourth-order valence-corrected chi connectivity index (χ4v) is 0. The predicted octanol–water partition coefficient (Wildman–Crippen LogP) is 0.853. The Bertz CT molecular complexity index is 68.6. The summed E-state index contributed by atoms with van der Waals surface area (Å²) in [4.78, 5) is 9.00. The molecule has 0 aromatic carbocycles. The Balaban J connectivity index is 0. The molecule has 56 valence electrons. The Kier molecular flexibility index (Phi) is 10.3. The molecule has 4 heteroatoms. The van der Waals surface area contributed by atoms with Gasteiger partial charge in [0.1, 0.15) is 0 Å². The van der Waals surface area contributed by atoms with Crippen molar-refractivity contribution in [3.63, 3.8) is 0 Å². The predicted molar refractivity (Wildman–Crippen MR) is 38.8 cm³/mol. The zero-order valence-electron chi connectivity index (χ0n) is 5.47. The second-order valence-corrected chi connectivity index (χ2v) is 2.17. The molecule has 0 saturated heterocycles. The SMILES string of the molecule is CC(=O)O.C[C@H](O)CBr. The zero-order valence-corrected chi connectivity index (χ0v) is 7.05. The lowest BCUT2D eigenvalue weighted by Gasteiger charge is -1.89. The summed E-state index contributed by atoms with van der Waals surface area (Å²) in [5.41, 5.74) is 0. The highest BCUT2D eigenvalue weighted by Crippen LogP contribution is 1.84. The number of halogens is 1. The van der Waals surface area contributed by atoms with Gasteiger partial charge in [0, 0.05) is 12.3 Å². The van der Waals surface area contributed by atoms with Crippen LogP contribution in [0.5, 0.6) is 0 Å². The first-order chi connectivity index (χ1) is 4.00. The number of alkyl halides is 1. The van der Waals surface area contributed by atoms with E-state index in [-0.39, 0.29) is 6.10 Å². The highest BCUT2D eigenvalue weighted by molar-refractivity contribution is 9.09. The van der Waals surface area contributed by atoms with Crippen molar-refractivity contribution < 1.29 is 15.0 Å². The van der Waals surface area contributed by atoms with Gasteiger partial charge in [-0.3, -0.25) is 4.79 Å². The van der Waals surface area contributed by atoms with Gasteiger partial charge in [0.2, 0.25) is 0 Å². The molecule has 2 N–H and O–H groups in total. The van der Waals surface area contributed by atoms with Crippen LogP contribution in [0.3, 0.4) is 0 Å². The van der Waals surface area contributed by atoms with Gasteiger partial charge >= 0.3 is 0 Å². The van der Waals surface area contributed by atoms with Crippen molar-refractivity contribution in [3.8, 4) is 0 Å². The van der Waals surface area contributed by atoms with Gasteiger partial charge in [0.15, 0.2) is 0 Å². The van der Waals surface area contributed by atoms with Crippen LogP contribution in [0.1, 0.15) is 13.8 Å². The molecule has 0 bridgehead atoms. The number of carboxylic acids is 1. The fourth-order valence-electron chi connectivity index (χ4n) is 0. The molecule has 0 aromatic rings. The van der Waals surface area contributed by atoms with E-state index in [2.05, 4.69) is 15.9 Å². The second-order valence-electron chi connectivity index (χ2n) is 1.52. The van der Waals surface area contributed by atoms with Gasteiger partial charge in [-0.15, -0.1) is 0 Å². The number of aliphatic carboxylic acids is 1. The monoisotopic (exact) mass is 198 g/mol. The van der Waals surface area contributed by atoms with Crippen molar-refractivity contribution in [2.24, 2.45) is 0 Å². The molecule has 3 nitrogen and oxygen atoms in total. The first-order valence-electron chi connectivity index (χ1n) is 2.44. The molecule has 0 aromatic heterocycles. The van der Waals surface area contributed by atoms with Gasteiger partial charge in [-0.25, -0.2) is 0 Å². The summed E-state index contributed by atoms with van der Waals surface area (Å²) in [6, 6.07) is 0. The van der Waals surface area contributed by atoms with Crippen LogP contribution in [0.25, 0.3) is 0 Å². The summed E-state index contributed by atoms with van der Waals surface area (Å²) in [7, 11) is 0. The van der Waals surface area contributed by atoms with Crippen molar-refractivity contribution in [1.29, 1.82) is 0 Å². The Morgan fingerprint density at radius 3 is 1.89 bits per heavy atom. The number of aliphatic hydroxyl groups is 1. The quantitative estimate of drug-likeness (QED) is 0.615. The first kappa shape index (κ1) is 11.7. The summed E-state index contributed by atoms with van der Waals surface area (Å²) in [5, 5.41) is 16.4. The van der Waals surface area contributed by atoms with E-state index >= 15 is 0 Å². The molecule has 0 rings (SSSR count). The molecule has 0 spiro atoms. The second kappa shape index (κ2) is 7.91.